The quantitative estimate of drug-likeness (QED) is 0.775. The summed E-state index contributed by atoms with van der Waals surface area (Å²) in [4.78, 5) is 21.6. The summed E-state index contributed by atoms with van der Waals surface area (Å²) in [6, 6.07) is 4.44. The molecule has 1 rings (SSSR count). The summed E-state index contributed by atoms with van der Waals surface area (Å²) in [6.45, 7) is -0.0737. The molecule has 0 aliphatic heterocycles. The Balaban J connectivity index is 2.65. The van der Waals surface area contributed by atoms with Gasteiger partial charge in [-0.1, -0.05) is 15.9 Å². The molecule has 0 aliphatic rings. The smallest absolute Gasteiger partial charge is 0.318 e. The zero-order chi connectivity index (χ0) is 12.8. The largest absolute Gasteiger partial charge is 0.495 e. The molecule has 92 valence electrons. The van der Waals surface area contributed by atoms with Crippen molar-refractivity contribution < 1.29 is 14.3 Å². The Morgan fingerprint density at radius 3 is 2.76 bits per heavy atom. The van der Waals surface area contributed by atoms with Crippen LogP contribution in [0.3, 0.4) is 0 Å². The van der Waals surface area contributed by atoms with E-state index in [1.54, 1.807) is 12.1 Å². The lowest BCUT2D eigenvalue weighted by Crippen LogP contribution is -2.38. The molecule has 3 amide bonds. The van der Waals surface area contributed by atoms with Crippen molar-refractivity contribution >= 4 is 33.6 Å². The van der Waals surface area contributed by atoms with Gasteiger partial charge in [-0.25, -0.2) is 4.79 Å². The third-order valence-electron chi connectivity index (χ3n) is 1.86. The molecule has 0 saturated carbocycles. The first-order valence-corrected chi connectivity index (χ1v) is 5.49. The van der Waals surface area contributed by atoms with Crippen molar-refractivity contribution in [3.05, 3.63) is 22.7 Å². The van der Waals surface area contributed by atoms with Crippen molar-refractivity contribution in [2.45, 2.75) is 0 Å². The van der Waals surface area contributed by atoms with E-state index in [0.717, 1.165) is 4.47 Å². The van der Waals surface area contributed by atoms with Gasteiger partial charge in [0.05, 0.1) is 19.3 Å². The molecule has 0 aromatic heterocycles. The second kappa shape index (κ2) is 6.09. The Bertz CT molecular complexity index is 437. The van der Waals surface area contributed by atoms with Crippen molar-refractivity contribution in [2.24, 2.45) is 5.73 Å². The van der Waals surface area contributed by atoms with Crippen LogP contribution in [-0.2, 0) is 4.79 Å². The molecular formula is C10H12BrN3O3. The fraction of sp³-hybridized carbons (Fsp3) is 0.200. The van der Waals surface area contributed by atoms with Crippen LogP contribution in [0.15, 0.2) is 22.7 Å². The van der Waals surface area contributed by atoms with Crippen LogP contribution in [0, 0.1) is 0 Å². The van der Waals surface area contributed by atoms with Crippen LogP contribution in [-0.4, -0.2) is 25.6 Å². The van der Waals surface area contributed by atoms with E-state index in [1.807, 2.05) is 11.4 Å². The van der Waals surface area contributed by atoms with Crippen molar-refractivity contribution in [1.29, 1.82) is 0 Å². The molecule has 0 heterocycles. The number of carbonyl (C=O) groups excluding carboxylic acids is 2. The fourth-order valence-corrected chi connectivity index (χ4v) is 1.54. The van der Waals surface area contributed by atoms with Crippen LogP contribution in [0.5, 0.6) is 5.75 Å². The molecule has 17 heavy (non-hydrogen) atoms. The monoisotopic (exact) mass is 301 g/mol. The van der Waals surface area contributed by atoms with E-state index in [-0.39, 0.29) is 6.54 Å². The molecule has 0 radical (unpaired) electrons. The number of ether oxygens (including phenoxy) is 1. The van der Waals surface area contributed by atoms with Crippen LogP contribution in [0.25, 0.3) is 0 Å². The van der Waals surface area contributed by atoms with E-state index < -0.39 is 11.9 Å². The zero-order valence-corrected chi connectivity index (χ0v) is 10.7. The zero-order valence-electron chi connectivity index (χ0n) is 9.12. The number of nitrogens with one attached hydrogen (secondary N) is 2. The van der Waals surface area contributed by atoms with Gasteiger partial charge < -0.3 is 15.8 Å². The summed E-state index contributed by atoms with van der Waals surface area (Å²) in [7, 11) is 1.53. The molecule has 6 nitrogen and oxygen atoms in total. The van der Waals surface area contributed by atoms with Crippen molar-refractivity contribution in [3.8, 4) is 5.75 Å². The van der Waals surface area contributed by atoms with Crippen LogP contribution >= 0.6 is 15.9 Å². The number of rotatable bonds is 4. The Kier molecular flexibility index (Phi) is 4.77. The molecule has 0 bridgehead atoms. The summed E-state index contributed by atoms with van der Waals surface area (Å²) in [5.74, 6) is 0.0830. The normalized spacial score (nSPS) is 9.53. The highest BCUT2D eigenvalue weighted by Crippen LogP contribution is 2.27. The van der Waals surface area contributed by atoms with Gasteiger partial charge in [-0.3, -0.25) is 10.1 Å². The molecule has 1 aromatic carbocycles. The van der Waals surface area contributed by atoms with E-state index in [2.05, 4.69) is 21.2 Å². The first-order chi connectivity index (χ1) is 8.02. The average molecular weight is 302 g/mol. The van der Waals surface area contributed by atoms with Crippen LogP contribution in [0.2, 0.25) is 0 Å². The summed E-state index contributed by atoms with van der Waals surface area (Å²) in [5.41, 5.74) is 5.45. The van der Waals surface area contributed by atoms with Crippen LogP contribution in [0.4, 0.5) is 10.5 Å². The van der Waals surface area contributed by atoms with Crippen molar-refractivity contribution in [1.82, 2.24) is 5.32 Å². The second-order valence-corrected chi connectivity index (χ2v) is 4.03. The third-order valence-corrected chi connectivity index (χ3v) is 2.36. The minimum atomic E-state index is -0.877. The lowest BCUT2D eigenvalue weighted by atomic mass is 10.3. The van der Waals surface area contributed by atoms with E-state index in [4.69, 9.17) is 10.5 Å². The minimum Gasteiger partial charge on any atom is -0.495 e. The highest BCUT2D eigenvalue weighted by Gasteiger charge is 2.07. The number of benzene rings is 1. The van der Waals surface area contributed by atoms with Gasteiger partial charge in [0.25, 0.3) is 0 Å². The lowest BCUT2D eigenvalue weighted by Gasteiger charge is -2.10. The molecule has 0 atom stereocenters. The van der Waals surface area contributed by atoms with Gasteiger partial charge in [0.15, 0.2) is 0 Å². The lowest BCUT2D eigenvalue weighted by molar-refractivity contribution is -0.118. The maximum absolute atomic E-state index is 11.2. The summed E-state index contributed by atoms with van der Waals surface area (Å²) < 4.78 is 5.95. The Labute approximate surface area is 107 Å². The number of amides is 3. The molecule has 7 heteroatoms. The molecule has 0 spiro atoms. The summed E-state index contributed by atoms with van der Waals surface area (Å²) in [5, 5.41) is 4.79. The Hall–Kier alpha value is -1.76. The van der Waals surface area contributed by atoms with E-state index in [9.17, 15) is 9.59 Å². The first kappa shape index (κ1) is 13.3. The van der Waals surface area contributed by atoms with E-state index >= 15 is 0 Å². The van der Waals surface area contributed by atoms with Gasteiger partial charge in [-0.2, -0.15) is 0 Å². The third kappa shape index (κ3) is 4.31. The summed E-state index contributed by atoms with van der Waals surface area (Å²) >= 11 is 3.30. The van der Waals surface area contributed by atoms with Crippen molar-refractivity contribution in [2.75, 3.05) is 19.0 Å². The molecule has 1 aromatic rings. The van der Waals surface area contributed by atoms with Gasteiger partial charge in [-0.15, -0.1) is 0 Å². The number of halogens is 1. The number of methoxy groups -OCH3 is 1. The fourth-order valence-electron chi connectivity index (χ4n) is 1.18. The Morgan fingerprint density at radius 2 is 2.18 bits per heavy atom. The molecular weight excluding hydrogens is 290 g/mol. The van der Waals surface area contributed by atoms with Gasteiger partial charge in [0, 0.05) is 4.47 Å². The number of carbonyl (C=O) groups is 2. The standard InChI is InChI=1S/C10H12BrN3O3/c1-17-8-3-2-6(11)4-7(8)13-5-9(15)14-10(12)16/h2-4,13H,5H2,1H3,(H3,12,14,15,16). The maximum Gasteiger partial charge on any atom is 0.318 e. The molecule has 0 fully saturated rings. The maximum atomic E-state index is 11.2. The number of hydrogen-bond acceptors (Lipinski definition) is 4. The van der Waals surface area contributed by atoms with Gasteiger partial charge >= 0.3 is 6.03 Å². The SMILES string of the molecule is COc1ccc(Br)cc1NCC(=O)NC(N)=O. The van der Waals surface area contributed by atoms with E-state index in [0.29, 0.717) is 11.4 Å². The van der Waals surface area contributed by atoms with Crippen LogP contribution in [0.1, 0.15) is 0 Å². The molecule has 0 aliphatic carbocycles. The number of urea groups is 1. The van der Waals surface area contributed by atoms with Gasteiger partial charge in [0.1, 0.15) is 5.75 Å². The Morgan fingerprint density at radius 1 is 1.47 bits per heavy atom. The highest BCUT2D eigenvalue weighted by atomic mass is 79.9. The molecule has 0 unspecified atom stereocenters. The van der Waals surface area contributed by atoms with Gasteiger partial charge in [-0.05, 0) is 18.2 Å². The topological polar surface area (TPSA) is 93.4 Å². The van der Waals surface area contributed by atoms with E-state index in [1.165, 1.54) is 7.11 Å². The highest BCUT2D eigenvalue weighted by molar-refractivity contribution is 9.10. The number of nitrogens with two attached hydrogens (primary N) is 1. The molecule has 4 N–H and O–H groups in total. The predicted octanol–water partition coefficient (Wildman–Crippen LogP) is 1.06. The molecule has 0 saturated heterocycles. The van der Waals surface area contributed by atoms with Gasteiger partial charge in [0.2, 0.25) is 5.91 Å². The summed E-state index contributed by atoms with van der Waals surface area (Å²) in [6.07, 6.45) is 0. The predicted molar refractivity (Wildman–Crippen MR) is 66.9 cm³/mol. The van der Waals surface area contributed by atoms with Crippen LogP contribution < -0.4 is 21.1 Å². The average Bonchev–Trinajstić information content (AvgIpc) is 2.25. The number of primary amides is 1. The minimum absolute atomic E-state index is 0.0737. The van der Waals surface area contributed by atoms with Crippen molar-refractivity contribution in [3.63, 3.8) is 0 Å². The number of anilines is 1. The first-order valence-electron chi connectivity index (χ1n) is 4.69. The number of imide groups is 1. The number of hydrogen-bond donors (Lipinski definition) is 3. The second-order valence-electron chi connectivity index (χ2n) is 3.11.